The van der Waals surface area contributed by atoms with Gasteiger partial charge in [-0.1, -0.05) is 26.7 Å². The summed E-state index contributed by atoms with van der Waals surface area (Å²) in [5.41, 5.74) is 0. The Balaban J connectivity index is 0.000000130. The summed E-state index contributed by atoms with van der Waals surface area (Å²) in [5.74, 6) is 0. The number of unbranched alkanes of at least 4 members (excludes halogenated alkanes) is 2. The third kappa shape index (κ3) is 2.37. The SMILES string of the molecule is C[CH]CCC.[Cl][Zn]1[N]2C=C[N]1C2. The Bertz CT molecular complexity index is 149. The van der Waals surface area contributed by atoms with E-state index in [1.165, 1.54) is 12.8 Å². The molecule has 1 radical (unpaired) electrons. The zero-order valence-corrected chi connectivity index (χ0v) is 11.6. The second kappa shape index (κ2) is 5.08. The van der Waals surface area contributed by atoms with Crippen LogP contribution in [0, 0.1) is 6.42 Å². The van der Waals surface area contributed by atoms with E-state index in [1.54, 1.807) is 0 Å². The Morgan fingerprint density at radius 3 is 2.17 bits per heavy atom. The Kier molecular flexibility index (Phi) is 4.38. The molecule has 0 aromatic heterocycles. The standard InChI is InChI=1S/C5H11.C3H4N2.ClH.Zn/c1-3-5-4-2;1-2-5-3-4-1;;/h3H,4-5H2,1-2H3;1-2H,3H2;1H;/q;-2;;+3/p-1. The van der Waals surface area contributed by atoms with E-state index in [4.69, 9.17) is 9.69 Å². The van der Waals surface area contributed by atoms with Crippen LogP contribution in [0.25, 0.3) is 0 Å². The van der Waals surface area contributed by atoms with Crippen LogP contribution in [-0.2, 0) is 15.4 Å². The van der Waals surface area contributed by atoms with Gasteiger partial charge in [-0.3, -0.25) is 0 Å². The van der Waals surface area contributed by atoms with Crippen molar-refractivity contribution in [3.8, 4) is 0 Å². The number of nitrogens with zero attached hydrogens (tertiary/aromatic N) is 2. The monoisotopic (exact) mass is 238 g/mol. The molecule has 2 nitrogen and oxygen atoms in total. The molecule has 0 amide bonds. The molecule has 66 valence electrons. The quantitative estimate of drug-likeness (QED) is 0.684. The van der Waals surface area contributed by atoms with Crippen LogP contribution in [0.5, 0.6) is 0 Å². The summed E-state index contributed by atoms with van der Waals surface area (Å²) in [6.07, 6.45) is 8.91. The minimum atomic E-state index is -1.60. The first kappa shape index (κ1) is 10.3. The van der Waals surface area contributed by atoms with Crippen molar-refractivity contribution < 1.29 is 15.4 Å². The molecular formula is C8H15ClN2Zn. The zero-order chi connectivity index (χ0) is 8.97. The van der Waals surface area contributed by atoms with Crippen LogP contribution in [0.1, 0.15) is 26.7 Å². The summed E-state index contributed by atoms with van der Waals surface area (Å²) in [4.78, 5) is 0. The van der Waals surface area contributed by atoms with E-state index in [9.17, 15) is 0 Å². The Morgan fingerprint density at radius 2 is 2.08 bits per heavy atom. The average molecular weight is 240 g/mol. The molecule has 3 rings (SSSR count). The van der Waals surface area contributed by atoms with Crippen molar-refractivity contribution in [2.24, 2.45) is 0 Å². The molecule has 1 fully saturated rings. The maximum absolute atomic E-state index is 5.91. The van der Waals surface area contributed by atoms with Crippen LogP contribution in [-0.4, -0.2) is 14.0 Å². The van der Waals surface area contributed by atoms with Gasteiger partial charge >= 0.3 is 51.5 Å². The number of halogens is 1. The van der Waals surface area contributed by atoms with Crippen molar-refractivity contribution in [1.29, 1.82) is 0 Å². The van der Waals surface area contributed by atoms with Crippen molar-refractivity contribution in [2.75, 3.05) is 6.67 Å². The first-order valence-electron chi connectivity index (χ1n) is 4.57. The summed E-state index contributed by atoms with van der Waals surface area (Å²) >= 11 is -1.60. The summed E-state index contributed by atoms with van der Waals surface area (Å²) in [5, 5.41) is 0. The fourth-order valence-corrected chi connectivity index (χ4v) is 5.89. The second-order valence-corrected chi connectivity index (χ2v) is 10.7. The maximum atomic E-state index is 5.91. The summed E-state index contributed by atoms with van der Waals surface area (Å²) in [6.45, 7) is 5.35. The van der Waals surface area contributed by atoms with Crippen molar-refractivity contribution >= 4 is 9.69 Å². The van der Waals surface area contributed by atoms with Gasteiger partial charge in [-0.15, -0.1) is 0 Å². The predicted octanol–water partition coefficient (Wildman–Crippen LogP) is 2.66. The van der Waals surface area contributed by atoms with Gasteiger partial charge in [-0.25, -0.2) is 0 Å². The third-order valence-electron chi connectivity index (χ3n) is 2.10. The molecule has 3 aliphatic heterocycles. The van der Waals surface area contributed by atoms with Crippen LogP contribution < -0.4 is 0 Å². The fraction of sp³-hybridized carbons (Fsp3) is 0.625. The van der Waals surface area contributed by atoms with Gasteiger partial charge in [0, 0.05) is 0 Å². The van der Waals surface area contributed by atoms with Crippen LogP contribution in [0.4, 0.5) is 0 Å². The topological polar surface area (TPSA) is 6.48 Å². The molecule has 4 heteroatoms. The second-order valence-electron chi connectivity index (χ2n) is 3.19. The Labute approximate surface area is 84.6 Å². The first-order chi connectivity index (χ1) is 5.79. The molecule has 0 aromatic rings. The molecule has 3 heterocycles. The normalized spacial score (nSPS) is 17.4. The van der Waals surface area contributed by atoms with Gasteiger partial charge in [0.25, 0.3) is 0 Å². The molecule has 0 aromatic carbocycles. The Hall–Kier alpha value is 0.253. The van der Waals surface area contributed by atoms with E-state index < -0.39 is 15.4 Å². The van der Waals surface area contributed by atoms with Crippen LogP contribution in [0.2, 0.25) is 0 Å². The van der Waals surface area contributed by atoms with Gasteiger partial charge in [-0.05, 0) is 6.42 Å². The van der Waals surface area contributed by atoms with Gasteiger partial charge in [0.2, 0.25) is 0 Å². The molecule has 0 atom stereocenters. The molecule has 2 bridgehead atoms. The molecule has 1 saturated heterocycles. The first-order valence-corrected chi connectivity index (χ1v) is 11.1. The van der Waals surface area contributed by atoms with Gasteiger partial charge in [0.15, 0.2) is 0 Å². The van der Waals surface area contributed by atoms with E-state index >= 15 is 0 Å². The zero-order valence-electron chi connectivity index (χ0n) is 7.83. The van der Waals surface area contributed by atoms with Gasteiger partial charge in [-0.2, -0.15) is 0 Å². The molecule has 0 saturated carbocycles. The average Bonchev–Trinajstić information content (AvgIpc) is 2.66. The number of rotatable bonds is 2. The van der Waals surface area contributed by atoms with Crippen molar-refractivity contribution in [3.05, 3.63) is 18.8 Å². The van der Waals surface area contributed by atoms with Gasteiger partial charge in [0.05, 0.1) is 0 Å². The van der Waals surface area contributed by atoms with Crippen LogP contribution in [0.15, 0.2) is 12.4 Å². The molecule has 0 N–H and O–H groups in total. The molecule has 3 aliphatic rings. The van der Waals surface area contributed by atoms with Gasteiger partial charge in [0.1, 0.15) is 0 Å². The fourth-order valence-electron chi connectivity index (χ4n) is 1.25. The van der Waals surface area contributed by atoms with Crippen molar-refractivity contribution in [3.63, 3.8) is 0 Å². The summed E-state index contributed by atoms with van der Waals surface area (Å²) < 4.78 is 4.53. The number of hydrogen-bond acceptors (Lipinski definition) is 2. The predicted molar refractivity (Wildman–Crippen MR) is 48.4 cm³/mol. The molecular weight excluding hydrogens is 225 g/mol. The van der Waals surface area contributed by atoms with Crippen molar-refractivity contribution in [2.45, 2.75) is 26.7 Å². The third-order valence-corrected chi connectivity index (χ3v) is 9.83. The van der Waals surface area contributed by atoms with Crippen molar-refractivity contribution in [1.82, 2.24) is 7.29 Å². The molecule has 0 aliphatic carbocycles. The van der Waals surface area contributed by atoms with Crippen LogP contribution in [0.3, 0.4) is 0 Å². The van der Waals surface area contributed by atoms with E-state index in [2.05, 4.69) is 40.0 Å². The summed E-state index contributed by atoms with van der Waals surface area (Å²) in [6, 6.07) is 0. The van der Waals surface area contributed by atoms with Crippen LogP contribution >= 0.6 is 9.69 Å². The Morgan fingerprint density at radius 1 is 1.50 bits per heavy atom. The van der Waals surface area contributed by atoms with E-state index in [0.29, 0.717) is 0 Å². The van der Waals surface area contributed by atoms with E-state index in [1.807, 2.05) is 0 Å². The minimum absolute atomic E-state index is 1.09. The van der Waals surface area contributed by atoms with E-state index in [0.717, 1.165) is 6.67 Å². The molecule has 0 unspecified atom stereocenters. The van der Waals surface area contributed by atoms with E-state index in [-0.39, 0.29) is 0 Å². The summed E-state index contributed by atoms with van der Waals surface area (Å²) in [7, 11) is 5.91. The molecule has 12 heavy (non-hydrogen) atoms. The number of hydrogen-bond donors (Lipinski definition) is 0. The van der Waals surface area contributed by atoms with Gasteiger partial charge < -0.3 is 0 Å². The molecule has 0 spiro atoms.